The zero-order chi connectivity index (χ0) is 19.5. The number of rotatable bonds is 10. The second-order valence-electron chi connectivity index (χ2n) is 8.60. The third kappa shape index (κ3) is 9.29. The Bertz CT molecular complexity index is 533. The van der Waals surface area contributed by atoms with Gasteiger partial charge < -0.3 is 9.29 Å². The van der Waals surface area contributed by atoms with Crippen molar-refractivity contribution >= 4 is 11.4 Å². The Hall–Kier alpha value is -0.810. The summed E-state index contributed by atoms with van der Waals surface area (Å²) in [6, 6.07) is 10.4. The van der Waals surface area contributed by atoms with E-state index in [1.54, 1.807) is 0 Å². The van der Waals surface area contributed by atoms with E-state index in [0.717, 1.165) is 38.0 Å². The Balaban J connectivity index is 1.51. The molecule has 0 bridgehead atoms. The van der Waals surface area contributed by atoms with Gasteiger partial charge in [0.15, 0.2) is 0 Å². The van der Waals surface area contributed by atoms with E-state index in [4.69, 9.17) is 4.74 Å². The van der Waals surface area contributed by atoms with Crippen molar-refractivity contribution in [2.75, 3.05) is 13.2 Å². The van der Waals surface area contributed by atoms with Crippen molar-refractivity contribution in [2.45, 2.75) is 70.7 Å². The predicted octanol–water partition coefficient (Wildman–Crippen LogP) is 5.40. The van der Waals surface area contributed by atoms with E-state index in [2.05, 4.69) is 41.1 Å². The summed E-state index contributed by atoms with van der Waals surface area (Å²) in [4.78, 5) is 0. The second kappa shape index (κ2) is 11.9. The normalized spacial score (nSPS) is 22.2. The van der Waals surface area contributed by atoms with Crippen molar-refractivity contribution in [1.29, 1.82) is 0 Å². The maximum atomic E-state index is 11.9. The molecule has 4 heteroatoms. The Morgan fingerprint density at radius 3 is 2.52 bits per heavy atom. The summed E-state index contributed by atoms with van der Waals surface area (Å²) in [5.74, 6) is 1.54. The molecule has 1 aliphatic rings. The molecule has 0 spiro atoms. The minimum absolute atomic E-state index is 0.188. The number of benzene rings is 1. The van der Waals surface area contributed by atoms with Crippen LogP contribution in [0.3, 0.4) is 0 Å². The van der Waals surface area contributed by atoms with Gasteiger partial charge in [-0.15, -0.1) is 4.72 Å². The van der Waals surface area contributed by atoms with E-state index in [9.17, 15) is 4.55 Å². The number of nitrogens with one attached hydrogen (secondary N) is 1. The first-order chi connectivity index (χ1) is 12.9. The molecule has 1 aromatic carbocycles. The molecular weight excluding hydrogens is 354 g/mol. The summed E-state index contributed by atoms with van der Waals surface area (Å²) >= 11 is -0.963. The molecule has 0 heterocycles. The lowest BCUT2D eigenvalue weighted by molar-refractivity contribution is 0.0996. The van der Waals surface area contributed by atoms with Gasteiger partial charge in [0.05, 0.1) is 6.61 Å². The molecule has 1 atom stereocenters. The maximum Gasteiger partial charge on any atom is 0.136 e. The highest BCUT2D eigenvalue weighted by atomic mass is 32.2. The maximum absolute atomic E-state index is 11.9. The van der Waals surface area contributed by atoms with Crippen molar-refractivity contribution in [3.8, 4) is 0 Å². The lowest BCUT2D eigenvalue weighted by Crippen LogP contribution is -2.39. The highest BCUT2D eigenvalue weighted by molar-refractivity contribution is 7.90. The van der Waals surface area contributed by atoms with Crippen LogP contribution in [0.2, 0.25) is 0 Å². The van der Waals surface area contributed by atoms with Crippen molar-refractivity contribution in [1.82, 2.24) is 4.72 Å². The molecule has 0 aromatic heterocycles. The lowest BCUT2D eigenvalue weighted by Gasteiger charge is -2.26. The van der Waals surface area contributed by atoms with Gasteiger partial charge in [-0.1, -0.05) is 42.5 Å². The number of hydrogen-bond acceptors (Lipinski definition) is 3. The third-order valence-corrected chi connectivity index (χ3v) is 6.76. The van der Waals surface area contributed by atoms with E-state index >= 15 is 0 Å². The van der Waals surface area contributed by atoms with E-state index in [1.165, 1.54) is 37.7 Å². The SMILES string of the molecule is CC(C)(C)[S+]([O-])NCCC=CC1CCC(CCOCc2ccccc2)CC1. The van der Waals surface area contributed by atoms with Crippen LogP contribution in [0.4, 0.5) is 0 Å². The van der Waals surface area contributed by atoms with Crippen LogP contribution < -0.4 is 4.72 Å². The molecule has 1 fully saturated rings. The van der Waals surface area contributed by atoms with E-state index in [1.807, 2.05) is 26.8 Å². The van der Waals surface area contributed by atoms with E-state index in [0.29, 0.717) is 0 Å². The van der Waals surface area contributed by atoms with Gasteiger partial charge in [0.1, 0.15) is 4.75 Å². The van der Waals surface area contributed by atoms with Gasteiger partial charge in [0, 0.05) is 24.5 Å². The van der Waals surface area contributed by atoms with Crippen LogP contribution in [0, 0.1) is 11.8 Å². The topological polar surface area (TPSA) is 44.3 Å². The van der Waals surface area contributed by atoms with Gasteiger partial charge >= 0.3 is 0 Å². The van der Waals surface area contributed by atoms with E-state index < -0.39 is 11.4 Å². The first-order valence-corrected chi connectivity index (χ1v) is 11.5. The number of ether oxygens (including phenoxy) is 1. The van der Waals surface area contributed by atoms with Crippen molar-refractivity contribution < 1.29 is 9.29 Å². The molecule has 0 aliphatic heterocycles. The quantitative estimate of drug-likeness (QED) is 0.330. The summed E-state index contributed by atoms with van der Waals surface area (Å²) in [6.07, 6.45) is 12.0. The molecule has 1 saturated carbocycles. The molecule has 0 amide bonds. The fourth-order valence-corrected chi connectivity index (χ4v) is 4.16. The minimum Gasteiger partial charge on any atom is -0.598 e. The number of allylic oxidation sites excluding steroid dienone is 1. The van der Waals surface area contributed by atoms with Gasteiger partial charge in [0.25, 0.3) is 0 Å². The summed E-state index contributed by atoms with van der Waals surface area (Å²) in [5.41, 5.74) is 1.26. The van der Waals surface area contributed by atoms with Crippen LogP contribution in [-0.2, 0) is 22.7 Å². The minimum atomic E-state index is -0.963. The van der Waals surface area contributed by atoms with Crippen LogP contribution in [0.1, 0.15) is 64.9 Å². The fraction of sp³-hybridized carbons (Fsp3) is 0.652. The molecule has 27 heavy (non-hydrogen) atoms. The lowest BCUT2D eigenvalue weighted by atomic mass is 9.80. The Morgan fingerprint density at radius 2 is 1.85 bits per heavy atom. The molecular formula is C23H37NO2S. The van der Waals surface area contributed by atoms with Gasteiger partial charge in [-0.3, -0.25) is 0 Å². The smallest absolute Gasteiger partial charge is 0.136 e. The molecule has 0 radical (unpaired) electrons. The largest absolute Gasteiger partial charge is 0.598 e. The van der Waals surface area contributed by atoms with Crippen LogP contribution in [0.5, 0.6) is 0 Å². The Kier molecular flexibility index (Phi) is 9.91. The van der Waals surface area contributed by atoms with E-state index in [-0.39, 0.29) is 4.75 Å². The molecule has 0 saturated heterocycles. The van der Waals surface area contributed by atoms with Crippen LogP contribution in [0.15, 0.2) is 42.5 Å². The van der Waals surface area contributed by atoms with Gasteiger partial charge in [-0.2, -0.15) is 0 Å². The molecule has 1 N–H and O–H groups in total. The van der Waals surface area contributed by atoms with Crippen molar-refractivity contribution in [2.24, 2.45) is 11.8 Å². The first kappa shape index (κ1) is 22.5. The van der Waals surface area contributed by atoms with Gasteiger partial charge in [-0.05, 0) is 76.7 Å². The molecule has 152 valence electrons. The molecule has 1 unspecified atom stereocenters. The summed E-state index contributed by atoms with van der Waals surface area (Å²) in [5, 5.41) is 0. The van der Waals surface area contributed by atoms with Gasteiger partial charge in [0.2, 0.25) is 0 Å². The second-order valence-corrected chi connectivity index (χ2v) is 10.7. The molecule has 2 rings (SSSR count). The molecule has 1 aliphatic carbocycles. The third-order valence-electron chi connectivity index (χ3n) is 5.18. The van der Waals surface area contributed by atoms with Crippen LogP contribution >= 0.6 is 0 Å². The monoisotopic (exact) mass is 391 g/mol. The van der Waals surface area contributed by atoms with Crippen LogP contribution in [-0.4, -0.2) is 22.5 Å². The average molecular weight is 392 g/mol. The molecule has 3 nitrogen and oxygen atoms in total. The highest BCUT2D eigenvalue weighted by Gasteiger charge is 2.25. The summed E-state index contributed by atoms with van der Waals surface area (Å²) in [7, 11) is 0. The summed E-state index contributed by atoms with van der Waals surface area (Å²) < 4.78 is 20.7. The Morgan fingerprint density at radius 1 is 1.15 bits per heavy atom. The average Bonchev–Trinajstić information content (AvgIpc) is 2.66. The van der Waals surface area contributed by atoms with Crippen molar-refractivity contribution in [3.05, 3.63) is 48.0 Å². The fourth-order valence-electron chi connectivity index (χ4n) is 3.42. The van der Waals surface area contributed by atoms with Crippen LogP contribution in [0.25, 0.3) is 0 Å². The molecule has 1 aromatic rings. The van der Waals surface area contributed by atoms with Crippen molar-refractivity contribution in [3.63, 3.8) is 0 Å². The first-order valence-electron chi connectivity index (χ1n) is 10.4. The predicted molar refractivity (Wildman–Crippen MR) is 116 cm³/mol. The van der Waals surface area contributed by atoms with Gasteiger partial charge in [-0.25, -0.2) is 0 Å². The standard InChI is InChI=1S/C23H37NO2S/c1-23(2,3)27(25)24-17-8-7-9-20-12-14-21(15-13-20)16-18-26-19-22-10-5-4-6-11-22/h4-7,9-11,20-21,24H,8,12-19H2,1-3H3. The number of hydrogen-bond donors (Lipinski definition) is 1. The zero-order valence-corrected chi connectivity index (χ0v) is 18.1. The Labute approximate surface area is 169 Å². The zero-order valence-electron chi connectivity index (χ0n) is 17.3. The highest BCUT2D eigenvalue weighted by Crippen LogP contribution is 2.31. The summed E-state index contributed by atoms with van der Waals surface area (Å²) in [6.45, 7) is 8.38.